The van der Waals surface area contributed by atoms with E-state index in [1.54, 1.807) is 18.2 Å². The average molecular weight is 412 g/mol. The molecule has 1 heterocycles. The number of ether oxygens (including phenoxy) is 1. The van der Waals surface area contributed by atoms with Crippen molar-refractivity contribution in [3.8, 4) is 0 Å². The molecule has 0 aromatic heterocycles. The van der Waals surface area contributed by atoms with E-state index in [0.717, 1.165) is 30.8 Å². The predicted molar refractivity (Wildman–Crippen MR) is 104 cm³/mol. The Hall–Kier alpha value is -2.06. The largest absolute Gasteiger partial charge is 0.416 e. The van der Waals surface area contributed by atoms with Crippen LogP contribution >= 0.6 is 11.6 Å². The highest BCUT2D eigenvalue weighted by Crippen LogP contribution is 2.35. The van der Waals surface area contributed by atoms with Gasteiger partial charge >= 0.3 is 6.18 Å². The molecule has 1 unspecified atom stereocenters. The van der Waals surface area contributed by atoms with Gasteiger partial charge in [-0.25, -0.2) is 5.43 Å². The smallest absolute Gasteiger partial charge is 0.361 e. The Morgan fingerprint density at radius 3 is 2.46 bits per heavy atom. The number of nitrogens with one attached hydrogen (secondary N) is 1. The van der Waals surface area contributed by atoms with Crippen LogP contribution in [0.1, 0.15) is 25.0 Å². The molecule has 8 heteroatoms. The van der Waals surface area contributed by atoms with Crippen LogP contribution in [0.15, 0.2) is 54.6 Å². The number of nitrogens with two attached hydrogens (primary N) is 1. The third kappa shape index (κ3) is 4.50. The summed E-state index contributed by atoms with van der Waals surface area (Å²) in [6.07, 6.45) is -3.05. The molecule has 1 aliphatic heterocycles. The highest BCUT2D eigenvalue weighted by Gasteiger charge is 2.48. The van der Waals surface area contributed by atoms with Crippen LogP contribution in [0.2, 0.25) is 5.02 Å². The number of hydrogen-bond acceptors (Lipinski definition) is 4. The van der Waals surface area contributed by atoms with Crippen LogP contribution in [0.4, 0.5) is 18.9 Å². The molecular weight excluding hydrogens is 391 g/mol. The second-order valence-electron chi connectivity index (χ2n) is 7.02. The lowest BCUT2D eigenvalue weighted by atomic mass is 10.1. The van der Waals surface area contributed by atoms with E-state index < -0.39 is 17.9 Å². The molecule has 1 aliphatic rings. The standard InChI is InChI=1S/C20H21ClF3N3O/c1-19(2,20(22,23)24)28-12-13-8-14(10-15(21)9-13)17-11-18(25)26-27(17)16-6-4-3-5-7-16/h3-11,18,26H,12,25H2,1-2H3. The summed E-state index contributed by atoms with van der Waals surface area (Å²) in [6.45, 7) is 1.77. The molecule has 0 fully saturated rings. The van der Waals surface area contributed by atoms with Crippen LogP contribution in [-0.4, -0.2) is 17.9 Å². The Labute approximate surface area is 166 Å². The van der Waals surface area contributed by atoms with Gasteiger partial charge in [-0.05, 0) is 55.8 Å². The zero-order valence-electron chi connectivity index (χ0n) is 15.4. The number of rotatable bonds is 5. The molecule has 0 spiro atoms. The summed E-state index contributed by atoms with van der Waals surface area (Å²) >= 11 is 6.22. The lowest BCUT2D eigenvalue weighted by Gasteiger charge is -2.28. The zero-order chi connectivity index (χ0) is 20.5. The SMILES string of the molecule is CC(C)(OCc1cc(Cl)cc(C2=CC(N)NN2c2ccccc2)c1)C(F)(F)F. The number of hydrogen-bond donors (Lipinski definition) is 2. The van der Waals surface area contributed by atoms with E-state index >= 15 is 0 Å². The van der Waals surface area contributed by atoms with E-state index in [9.17, 15) is 13.2 Å². The van der Waals surface area contributed by atoms with Crippen molar-refractivity contribution in [3.63, 3.8) is 0 Å². The molecule has 0 radical (unpaired) electrons. The summed E-state index contributed by atoms with van der Waals surface area (Å²) in [5.74, 6) is 0. The number of anilines is 1. The maximum Gasteiger partial charge on any atom is 0.416 e. The fourth-order valence-electron chi connectivity index (χ4n) is 2.74. The number of nitrogens with zero attached hydrogens (tertiary/aromatic N) is 1. The third-order valence-electron chi connectivity index (χ3n) is 4.41. The third-order valence-corrected chi connectivity index (χ3v) is 4.62. The molecule has 2 aromatic rings. The van der Waals surface area contributed by atoms with Crippen molar-refractivity contribution in [2.24, 2.45) is 5.73 Å². The Balaban J connectivity index is 1.87. The minimum absolute atomic E-state index is 0.224. The van der Waals surface area contributed by atoms with Gasteiger partial charge in [0.05, 0.1) is 24.2 Å². The molecule has 0 saturated carbocycles. The number of hydrazine groups is 1. The normalized spacial score (nSPS) is 17.8. The van der Waals surface area contributed by atoms with Crippen LogP contribution in [0, 0.1) is 0 Å². The maximum atomic E-state index is 13.0. The number of benzene rings is 2. The molecule has 1 atom stereocenters. The molecule has 0 bridgehead atoms. The lowest BCUT2D eigenvalue weighted by Crippen LogP contribution is -2.41. The van der Waals surface area contributed by atoms with Crippen LogP contribution in [-0.2, 0) is 11.3 Å². The highest BCUT2D eigenvalue weighted by atomic mass is 35.5. The molecule has 150 valence electrons. The predicted octanol–water partition coefficient (Wildman–Crippen LogP) is 4.85. The molecule has 28 heavy (non-hydrogen) atoms. The van der Waals surface area contributed by atoms with Gasteiger partial charge in [0.25, 0.3) is 0 Å². The topological polar surface area (TPSA) is 50.5 Å². The van der Waals surface area contributed by atoms with Crippen molar-refractivity contribution >= 4 is 23.0 Å². The minimum atomic E-state index is -4.47. The Morgan fingerprint density at radius 2 is 1.82 bits per heavy atom. The van der Waals surface area contributed by atoms with E-state index in [4.69, 9.17) is 22.1 Å². The average Bonchev–Trinajstić information content (AvgIpc) is 3.01. The van der Waals surface area contributed by atoms with Crippen molar-refractivity contribution < 1.29 is 17.9 Å². The maximum absolute atomic E-state index is 13.0. The van der Waals surface area contributed by atoms with Gasteiger partial charge in [-0.2, -0.15) is 13.2 Å². The van der Waals surface area contributed by atoms with Gasteiger partial charge in [0, 0.05) is 10.6 Å². The number of halogens is 4. The first kappa shape index (κ1) is 20.7. The monoisotopic (exact) mass is 411 g/mol. The Morgan fingerprint density at radius 1 is 1.14 bits per heavy atom. The van der Waals surface area contributed by atoms with Crippen molar-refractivity contribution in [2.75, 3.05) is 5.01 Å². The van der Waals surface area contributed by atoms with E-state index in [1.165, 1.54) is 0 Å². The first-order valence-electron chi connectivity index (χ1n) is 8.66. The first-order valence-corrected chi connectivity index (χ1v) is 9.04. The summed E-state index contributed by atoms with van der Waals surface area (Å²) < 4.78 is 44.2. The first-order chi connectivity index (χ1) is 13.1. The van der Waals surface area contributed by atoms with E-state index in [1.807, 2.05) is 41.4 Å². The summed E-state index contributed by atoms with van der Waals surface area (Å²) in [7, 11) is 0. The molecule has 2 aromatic carbocycles. The zero-order valence-corrected chi connectivity index (χ0v) is 16.2. The molecule has 3 N–H and O–H groups in total. The summed E-state index contributed by atoms with van der Waals surface area (Å²) in [4.78, 5) is 0. The van der Waals surface area contributed by atoms with Gasteiger partial charge in [-0.3, -0.25) is 5.01 Å². The van der Waals surface area contributed by atoms with Gasteiger partial charge in [-0.1, -0.05) is 29.8 Å². The Bertz CT molecular complexity index is 869. The quantitative estimate of drug-likeness (QED) is 0.738. The second-order valence-corrected chi connectivity index (χ2v) is 7.46. The van der Waals surface area contributed by atoms with E-state index in [2.05, 4.69) is 5.43 Å². The fraction of sp³-hybridized carbons (Fsp3) is 0.300. The molecular formula is C20H21ClF3N3O. The van der Waals surface area contributed by atoms with Crippen LogP contribution < -0.4 is 16.2 Å². The molecule has 0 amide bonds. The molecule has 0 aliphatic carbocycles. The van der Waals surface area contributed by atoms with Crippen LogP contribution in [0.5, 0.6) is 0 Å². The molecule has 3 rings (SSSR count). The second kappa shape index (κ2) is 7.75. The van der Waals surface area contributed by atoms with E-state index in [-0.39, 0.29) is 6.61 Å². The fourth-order valence-corrected chi connectivity index (χ4v) is 3.00. The van der Waals surface area contributed by atoms with Crippen molar-refractivity contribution in [1.29, 1.82) is 0 Å². The van der Waals surface area contributed by atoms with Crippen LogP contribution in [0.3, 0.4) is 0 Å². The van der Waals surface area contributed by atoms with E-state index in [0.29, 0.717) is 10.6 Å². The van der Waals surface area contributed by atoms with Crippen molar-refractivity contribution in [3.05, 3.63) is 70.8 Å². The highest BCUT2D eigenvalue weighted by molar-refractivity contribution is 6.30. The van der Waals surface area contributed by atoms with Gasteiger partial charge < -0.3 is 10.5 Å². The van der Waals surface area contributed by atoms with Gasteiger partial charge in [0.15, 0.2) is 5.60 Å². The number of para-hydroxylation sites is 1. The van der Waals surface area contributed by atoms with Crippen molar-refractivity contribution in [2.45, 2.75) is 38.4 Å². The van der Waals surface area contributed by atoms with Gasteiger partial charge in [0.1, 0.15) is 0 Å². The molecule has 4 nitrogen and oxygen atoms in total. The lowest BCUT2D eigenvalue weighted by molar-refractivity contribution is -0.267. The summed E-state index contributed by atoms with van der Waals surface area (Å²) in [5, 5.41) is 2.22. The summed E-state index contributed by atoms with van der Waals surface area (Å²) in [6, 6.07) is 14.6. The minimum Gasteiger partial charge on any atom is -0.361 e. The van der Waals surface area contributed by atoms with Crippen LogP contribution in [0.25, 0.3) is 5.70 Å². The van der Waals surface area contributed by atoms with Crippen molar-refractivity contribution in [1.82, 2.24) is 5.43 Å². The summed E-state index contributed by atoms with van der Waals surface area (Å²) in [5.41, 5.74) is 9.78. The molecule has 0 saturated heterocycles. The van der Waals surface area contributed by atoms with Gasteiger partial charge in [-0.15, -0.1) is 0 Å². The Kier molecular flexibility index (Phi) is 5.72. The van der Waals surface area contributed by atoms with Gasteiger partial charge in [0.2, 0.25) is 0 Å². The number of alkyl halides is 3.